The molecule has 1 rings (SSSR count). The molecule has 0 unspecified atom stereocenters. The highest BCUT2D eigenvalue weighted by Crippen LogP contribution is 2.38. The number of aliphatic carboxylic acids is 1. The van der Waals surface area contributed by atoms with Crippen LogP contribution in [0.2, 0.25) is 0 Å². The van der Waals surface area contributed by atoms with Crippen molar-refractivity contribution in [2.75, 3.05) is 0 Å². The van der Waals surface area contributed by atoms with Crippen LogP contribution in [0.1, 0.15) is 11.1 Å². The van der Waals surface area contributed by atoms with Crippen molar-refractivity contribution in [2.24, 2.45) is 0 Å². The first-order valence-electron chi connectivity index (χ1n) is 4.64. The first-order valence-corrected chi connectivity index (χ1v) is 4.64. The Kier molecular flexibility index (Phi) is 4.10. The smallest absolute Gasteiger partial charge is 0.481 e. The number of ether oxygens (including phenoxy) is 1. The van der Waals surface area contributed by atoms with Gasteiger partial charge in [-0.05, 0) is 0 Å². The van der Waals surface area contributed by atoms with E-state index in [4.69, 9.17) is 5.11 Å². The standard InChI is InChI=1S/C9H4F7NO3/c10-7-6(8(11,12)13)3(1-5(18)19)4(2-17-7)20-9(14,15)16/h2H,1H2,(H,18,19). The molecular weight excluding hydrogens is 303 g/mol. The Morgan fingerprint density at radius 3 is 2.20 bits per heavy atom. The zero-order chi connectivity index (χ0) is 15.7. The van der Waals surface area contributed by atoms with E-state index in [1.807, 2.05) is 0 Å². The fourth-order valence-electron chi connectivity index (χ4n) is 1.33. The van der Waals surface area contributed by atoms with Gasteiger partial charge in [0.25, 0.3) is 0 Å². The summed E-state index contributed by atoms with van der Waals surface area (Å²) < 4.78 is 90.0. The van der Waals surface area contributed by atoms with Crippen molar-refractivity contribution in [3.8, 4) is 5.75 Å². The minimum absolute atomic E-state index is 0.0380. The molecule has 0 fully saturated rings. The van der Waals surface area contributed by atoms with Crippen LogP contribution >= 0.6 is 0 Å². The van der Waals surface area contributed by atoms with E-state index < -0.39 is 47.8 Å². The molecule has 0 aromatic carbocycles. The van der Waals surface area contributed by atoms with Crippen molar-refractivity contribution in [1.29, 1.82) is 0 Å². The molecule has 1 heterocycles. The van der Waals surface area contributed by atoms with E-state index >= 15 is 0 Å². The number of carbonyl (C=O) groups is 1. The third kappa shape index (κ3) is 3.96. The van der Waals surface area contributed by atoms with Gasteiger partial charge < -0.3 is 9.84 Å². The Bertz CT molecular complexity index is 523. The Morgan fingerprint density at radius 2 is 1.80 bits per heavy atom. The molecular formula is C9H4F7NO3. The SMILES string of the molecule is O=C(O)Cc1c(OC(F)(F)F)cnc(F)c1C(F)(F)F. The van der Waals surface area contributed by atoms with E-state index in [0.717, 1.165) is 0 Å². The molecule has 0 aliphatic heterocycles. The number of hydrogen-bond acceptors (Lipinski definition) is 3. The first-order chi connectivity index (χ1) is 8.92. The number of alkyl halides is 6. The van der Waals surface area contributed by atoms with Gasteiger partial charge in [0.2, 0.25) is 5.95 Å². The maximum absolute atomic E-state index is 13.0. The monoisotopic (exact) mass is 307 g/mol. The minimum atomic E-state index is -5.42. The first kappa shape index (κ1) is 16.0. The third-order valence-electron chi connectivity index (χ3n) is 1.94. The summed E-state index contributed by atoms with van der Waals surface area (Å²) in [4.78, 5) is 12.9. The molecule has 1 aromatic rings. The van der Waals surface area contributed by atoms with Crippen LogP contribution < -0.4 is 4.74 Å². The molecule has 20 heavy (non-hydrogen) atoms. The number of rotatable bonds is 3. The summed E-state index contributed by atoms with van der Waals surface area (Å²) in [5.41, 5.74) is -3.70. The Labute approximate surface area is 105 Å². The van der Waals surface area contributed by atoms with Gasteiger partial charge in [-0.1, -0.05) is 0 Å². The lowest BCUT2D eigenvalue weighted by Gasteiger charge is -2.17. The Balaban J connectivity index is 3.49. The van der Waals surface area contributed by atoms with Crippen molar-refractivity contribution >= 4 is 5.97 Å². The molecule has 0 spiro atoms. The van der Waals surface area contributed by atoms with E-state index in [1.165, 1.54) is 0 Å². The number of aromatic nitrogens is 1. The van der Waals surface area contributed by atoms with Gasteiger partial charge in [-0.3, -0.25) is 4.79 Å². The normalized spacial score (nSPS) is 12.3. The van der Waals surface area contributed by atoms with Crippen LogP contribution in [-0.2, 0) is 17.4 Å². The summed E-state index contributed by atoms with van der Waals surface area (Å²) in [6.07, 6.45) is -12.3. The lowest BCUT2D eigenvalue weighted by molar-refractivity contribution is -0.275. The van der Waals surface area contributed by atoms with Gasteiger partial charge in [-0.25, -0.2) is 4.98 Å². The van der Waals surface area contributed by atoms with Crippen LogP contribution in [0.15, 0.2) is 6.20 Å². The fraction of sp³-hybridized carbons (Fsp3) is 0.333. The molecule has 1 N–H and O–H groups in total. The molecule has 0 aliphatic carbocycles. The van der Waals surface area contributed by atoms with Crippen LogP contribution in [0, 0.1) is 5.95 Å². The van der Waals surface area contributed by atoms with Gasteiger partial charge in [0.05, 0.1) is 12.6 Å². The zero-order valence-electron chi connectivity index (χ0n) is 9.14. The molecule has 0 amide bonds. The van der Waals surface area contributed by atoms with Crippen LogP contribution in [0.5, 0.6) is 5.75 Å². The maximum Gasteiger partial charge on any atom is 0.573 e. The highest BCUT2D eigenvalue weighted by atomic mass is 19.4. The number of pyridine rings is 1. The van der Waals surface area contributed by atoms with E-state index in [9.17, 15) is 35.5 Å². The topological polar surface area (TPSA) is 59.4 Å². The van der Waals surface area contributed by atoms with Crippen molar-refractivity contribution < 1.29 is 45.4 Å². The van der Waals surface area contributed by atoms with Crippen LogP contribution in [-0.4, -0.2) is 22.4 Å². The minimum Gasteiger partial charge on any atom is -0.481 e. The van der Waals surface area contributed by atoms with Crippen LogP contribution in [0.4, 0.5) is 30.7 Å². The largest absolute Gasteiger partial charge is 0.573 e. The van der Waals surface area contributed by atoms with Gasteiger partial charge in [0, 0.05) is 5.56 Å². The van der Waals surface area contributed by atoms with E-state index in [1.54, 1.807) is 0 Å². The number of nitrogens with zero attached hydrogens (tertiary/aromatic N) is 1. The van der Waals surface area contributed by atoms with Gasteiger partial charge in [0.1, 0.15) is 5.56 Å². The molecule has 0 radical (unpaired) electrons. The van der Waals surface area contributed by atoms with Crippen molar-refractivity contribution in [3.05, 3.63) is 23.3 Å². The predicted molar refractivity (Wildman–Crippen MR) is 47.2 cm³/mol. The molecule has 0 aliphatic rings. The molecule has 112 valence electrons. The van der Waals surface area contributed by atoms with E-state index in [2.05, 4.69) is 9.72 Å². The average Bonchev–Trinajstić information content (AvgIpc) is 2.17. The summed E-state index contributed by atoms with van der Waals surface area (Å²) in [6, 6.07) is 0. The van der Waals surface area contributed by atoms with Crippen LogP contribution in [0.3, 0.4) is 0 Å². The van der Waals surface area contributed by atoms with Gasteiger partial charge >= 0.3 is 18.5 Å². The summed E-state index contributed by atoms with van der Waals surface area (Å²) in [5.74, 6) is -5.55. The van der Waals surface area contributed by atoms with Crippen LogP contribution in [0.25, 0.3) is 0 Å². The molecule has 1 aromatic heterocycles. The molecule has 0 saturated heterocycles. The van der Waals surface area contributed by atoms with Crippen molar-refractivity contribution in [2.45, 2.75) is 19.0 Å². The number of halogens is 7. The summed E-state index contributed by atoms with van der Waals surface area (Å²) in [5, 5.41) is 8.42. The second-order valence-corrected chi connectivity index (χ2v) is 3.38. The molecule has 0 bridgehead atoms. The predicted octanol–water partition coefficient (Wildman–Crippen LogP) is 2.77. The third-order valence-corrected chi connectivity index (χ3v) is 1.94. The second kappa shape index (κ2) is 5.13. The molecule has 4 nitrogen and oxygen atoms in total. The molecule has 0 saturated carbocycles. The summed E-state index contributed by atoms with van der Waals surface area (Å²) in [6.45, 7) is 0. The number of hydrogen-bond donors (Lipinski definition) is 1. The lowest BCUT2D eigenvalue weighted by Crippen LogP contribution is -2.22. The maximum atomic E-state index is 13.0. The second-order valence-electron chi connectivity index (χ2n) is 3.38. The number of carboxylic acid groups (broad SMARTS) is 1. The summed E-state index contributed by atoms with van der Waals surface area (Å²) in [7, 11) is 0. The summed E-state index contributed by atoms with van der Waals surface area (Å²) >= 11 is 0. The lowest BCUT2D eigenvalue weighted by atomic mass is 10.1. The van der Waals surface area contributed by atoms with Crippen molar-refractivity contribution in [3.63, 3.8) is 0 Å². The van der Waals surface area contributed by atoms with E-state index in [0.29, 0.717) is 0 Å². The fourth-order valence-corrected chi connectivity index (χ4v) is 1.33. The average molecular weight is 307 g/mol. The quantitative estimate of drug-likeness (QED) is 0.689. The van der Waals surface area contributed by atoms with Crippen molar-refractivity contribution in [1.82, 2.24) is 4.98 Å². The molecule has 0 atom stereocenters. The van der Waals surface area contributed by atoms with Gasteiger partial charge in [0.15, 0.2) is 5.75 Å². The van der Waals surface area contributed by atoms with E-state index in [-0.39, 0.29) is 6.20 Å². The highest BCUT2D eigenvalue weighted by molar-refractivity contribution is 5.72. The Morgan fingerprint density at radius 1 is 1.25 bits per heavy atom. The zero-order valence-corrected chi connectivity index (χ0v) is 9.14. The molecule has 11 heteroatoms. The number of carboxylic acids is 1. The highest BCUT2D eigenvalue weighted by Gasteiger charge is 2.41. The Hall–Kier alpha value is -2.07. The van der Waals surface area contributed by atoms with Gasteiger partial charge in [-0.2, -0.15) is 17.6 Å². The van der Waals surface area contributed by atoms with Gasteiger partial charge in [-0.15, -0.1) is 13.2 Å².